The lowest BCUT2D eigenvalue weighted by atomic mass is 10.2. The molecule has 0 fully saturated rings. The molecule has 4 nitrogen and oxygen atoms in total. The quantitative estimate of drug-likeness (QED) is 0.782. The smallest absolute Gasteiger partial charge is 0.150 e. The Labute approximate surface area is 103 Å². The zero-order valence-electron chi connectivity index (χ0n) is 11.1. The zero-order chi connectivity index (χ0) is 12.8. The van der Waals surface area contributed by atoms with Crippen molar-refractivity contribution >= 4 is 5.82 Å². The van der Waals surface area contributed by atoms with Gasteiger partial charge >= 0.3 is 0 Å². The monoisotopic (exact) mass is 232 g/mol. The van der Waals surface area contributed by atoms with Crippen LogP contribution in [0.15, 0.2) is 6.20 Å². The van der Waals surface area contributed by atoms with E-state index in [4.69, 9.17) is 5.26 Å². The van der Waals surface area contributed by atoms with Gasteiger partial charge in [-0.3, -0.25) is 4.98 Å². The number of aryl methyl sites for hydroxylation is 2. The first-order valence-corrected chi connectivity index (χ1v) is 5.96. The van der Waals surface area contributed by atoms with E-state index in [9.17, 15) is 0 Å². The minimum Gasteiger partial charge on any atom is -0.354 e. The maximum atomic E-state index is 8.71. The van der Waals surface area contributed by atoms with Gasteiger partial charge in [-0.1, -0.05) is 13.8 Å². The predicted octanol–water partition coefficient (Wildman–Crippen LogP) is 2.47. The van der Waals surface area contributed by atoms with Gasteiger partial charge in [0.05, 0.1) is 23.9 Å². The second kappa shape index (κ2) is 6.19. The normalized spacial score (nSPS) is 10.4. The van der Waals surface area contributed by atoms with Crippen molar-refractivity contribution in [2.75, 3.05) is 18.0 Å². The van der Waals surface area contributed by atoms with Crippen molar-refractivity contribution in [2.24, 2.45) is 5.92 Å². The minimum absolute atomic E-state index is 0.516. The van der Waals surface area contributed by atoms with E-state index in [2.05, 4.69) is 34.8 Å². The Kier molecular flexibility index (Phi) is 4.89. The molecular formula is C13H20N4. The first-order chi connectivity index (χ1) is 8.04. The summed E-state index contributed by atoms with van der Waals surface area (Å²) in [7, 11) is 0. The van der Waals surface area contributed by atoms with Gasteiger partial charge in [0.25, 0.3) is 0 Å². The van der Waals surface area contributed by atoms with Gasteiger partial charge in [0.2, 0.25) is 0 Å². The molecule has 0 unspecified atom stereocenters. The molecule has 0 bridgehead atoms. The molecule has 0 aliphatic rings. The number of rotatable bonds is 5. The van der Waals surface area contributed by atoms with E-state index >= 15 is 0 Å². The molecule has 1 aromatic rings. The molecule has 0 spiro atoms. The summed E-state index contributed by atoms with van der Waals surface area (Å²) in [5, 5.41) is 8.71. The number of anilines is 1. The highest BCUT2D eigenvalue weighted by Crippen LogP contribution is 2.17. The Balaban J connectivity index is 2.94. The lowest BCUT2D eigenvalue weighted by Crippen LogP contribution is -2.30. The lowest BCUT2D eigenvalue weighted by molar-refractivity contribution is 0.605. The molecule has 0 amide bonds. The highest BCUT2D eigenvalue weighted by atomic mass is 15.2. The third kappa shape index (κ3) is 4.03. The molecule has 0 atom stereocenters. The van der Waals surface area contributed by atoms with Crippen molar-refractivity contribution in [3.05, 3.63) is 17.6 Å². The highest BCUT2D eigenvalue weighted by molar-refractivity contribution is 5.43. The van der Waals surface area contributed by atoms with E-state index in [1.54, 1.807) is 6.20 Å². The van der Waals surface area contributed by atoms with E-state index in [-0.39, 0.29) is 0 Å². The molecule has 1 aromatic heterocycles. The first-order valence-electron chi connectivity index (χ1n) is 5.96. The van der Waals surface area contributed by atoms with Crippen molar-refractivity contribution in [1.82, 2.24) is 9.97 Å². The fourth-order valence-electron chi connectivity index (χ4n) is 1.73. The standard InChI is InChI=1S/C13H20N4/c1-10(2)9-17(7-5-6-14)13-12(4)15-8-11(3)16-13/h8,10H,5,7,9H2,1-4H3. The molecule has 0 aliphatic heterocycles. The fourth-order valence-corrected chi connectivity index (χ4v) is 1.73. The van der Waals surface area contributed by atoms with Gasteiger partial charge in [-0.15, -0.1) is 0 Å². The van der Waals surface area contributed by atoms with Gasteiger partial charge in [0.15, 0.2) is 0 Å². The summed E-state index contributed by atoms with van der Waals surface area (Å²) >= 11 is 0. The predicted molar refractivity (Wildman–Crippen MR) is 68.8 cm³/mol. The van der Waals surface area contributed by atoms with E-state index in [0.29, 0.717) is 18.9 Å². The minimum atomic E-state index is 0.516. The van der Waals surface area contributed by atoms with Crippen LogP contribution in [0.1, 0.15) is 31.7 Å². The fraction of sp³-hybridized carbons (Fsp3) is 0.615. The number of hydrogen-bond donors (Lipinski definition) is 0. The maximum Gasteiger partial charge on any atom is 0.150 e. The van der Waals surface area contributed by atoms with Crippen LogP contribution in [0.25, 0.3) is 0 Å². The Morgan fingerprint density at radius 3 is 2.71 bits per heavy atom. The van der Waals surface area contributed by atoms with E-state index < -0.39 is 0 Å². The summed E-state index contributed by atoms with van der Waals surface area (Å²) in [6.07, 6.45) is 2.29. The van der Waals surface area contributed by atoms with Crippen molar-refractivity contribution in [3.8, 4) is 6.07 Å². The van der Waals surface area contributed by atoms with Crippen LogP contribution < -0.4 is 4.90 Å². The summed E-state index contributed by atoms with van der Waals surface area (Å²) in [4.78, 5) is 11.0. The summed E-state index contributed by atoms with van der Waals surface area (Å²) in [6.45, 7) is 9.85. The average molecular weight is 232 g/mol. The zero-order valence-corrected chi connectivity index (χ0v) is 11.1. The van der Waals surface area contributed by atoms with E-state index in [0.717, 1.165) is 23.8 Å². The van der Waals surface area contributed by atoms with E-state index in [1.807, 2.05) is 13.8 Å². The summed E-state index contributed by atoms with van der Waals surface area (Å²) in [5.41, 5.74) is 1.84. The average Bonchev–Trinajstić information content (AvgIpc) is 2.27. The van der Waals surface area contributed by atoms with Crippen LogP contribution in [0.4, 0.5) is 5.82 Å². The molecule has 0 saturated carbocycles. The third-order valence-electron chi connectivity index (χ3n) is 2.43. The highest BCUT2D eigenvalue weighted by Gasteiger charge is 2.13. The van der Waals surface area contributed by atoms with Crippen molar-refractivity contribution in [1.29, 1.82) is 5.26 Å². The van der Waals surface area contributed by atoms with Crippen LogP contribution in [-0.4, -0.2) is 23.1 Å². The number of nitriles is 1. The van der Waals surface area contributed by atoms with Crippen molar-refractivity contribution in [3.63, 3.8) is 0 Å². The van der Waals surface area contributed by atoms with Crippen LogP contribution in [0.3, 0.4) is 0 Å². The SMILES string of the molecule is Cc1cnc(C)c(N(CCC#N)CC(C)C)n1. The molecule has 1 heterocycles. The summed E-state index contributed by atoms with van der Waals surface area (Å²) in [5.74, 6) is 1.45. The van der Waals surface area contributed by atoms with E-state index in [1.165, 1.54) is 0 Å². The maximum absolute atomic E-state index is 8.71. The second-order valence-corrected chi connectivity index (χ2v) is 4.67. The van der Waals surface area contributed by atoms with Gasteiger partial charge in [-0.25, -0.2) is 4.98 Å². The molecule has 17 heavy (non-hydrogen) atoms. The molecule has 0 N–H and O–H groups in total. The summed E-state index contributed by atoms with van der Waals surface area (Å²) in [6, 6.07) is 2.19. The van der Waals surface area contributed by atoms with Gasteiger partial charge in [-0.2, -0.15) is 5.26 Å². The molecule has 4 heteroatoms. The number of aromatic nitrogens is 2. The lowest BCUT2D eigenvalue weighted by Gasteiger charge is -2.25. The second-order valence-electron chi connectivity index (χ2n) is 4.67. The van der Waals surface area contributed by atoms with Crippen LogP contribution in [0.2, 0.25) is 0 Å². The van der Waals surface area contributed by atoms with Gasteiger partial charge in [-0.05, 0) is 19.8 Å². The Morgan fingerprint density at radius 2 is 2.12 bits per heavy atom. The van der Waals surface area contributed by atoms with Crippen LogP contribution in [0.5, 0.6) is 0 Å². The number of hydrogen-bond acceptors (Lipinski definition) is 4. The largest absolute Gasteiger partial charge is 0.354 e. The molecule has 92 valence electrons. The molecular weight excluding hydrogens is 212 g/mol. The van der Waals surface area contributed by atoms with Gasteiger partial charge < -0.3 is 4.90 Å². The van der Waals surface area contributed by atoms with Crippen LogP contribution >= 0.6 is 0 Å². The molecule has 0 radical (unpaired) electrons. The molecule has 0 aromatic carbocycles. The number of nitrogens with zero attached hydrogens (tertiary/aromatic N) is 4. The topological polar surface area (TPSA) is 52.8 Å². The van der Waals surface area contributed by atoms with Crippen LogP contribution in [0, 0.1) is 31.1 Å². The van der Waals surface area contributed by atoms with Crippen molar-refractivity contribution in [2.45, 2.75) is 34.1 Å². The third-order valence-corrected chi connectivity index (χ3v) is 2.43. The van der Waals surface area contributed by atoms with Gasteiger partial charge in [0, 0.05) is 19.3 Å². The Bertz CT molecular complexity index is 406. The Morgan fingerprint density at radius 1 is 1.41 bits per heavy atom. The summed E-state index contributed by atoms with van der Waals surface area (Å²) < 4.78 is 0. The van der Waals surface area contributed by atoms with Gasteiger partial charge in [0.1, 0.15) is 5.82 Å². The molecule has 1 rings (SSSR count). The molecule has 0 aliphatic carbocycles. The van der Waals surface area contributed by atoms with Crippen LogP contribution in [-0.2, 0) is 0 Å². The Hall–Kier alpha value is -1.63. The van der Waals surface area contributed by atoms with Crippen molar-refractivity contribution < 1.29 is 0 Å². The first kappa shape index (κ1) is 13.4. The molecule has 0 saturated heterocycles.